The quantitative estimate of drug-likeness (QED) is 0.655. The standard InChI is InChI=1S/C11H13F3N2O2/c12-11(13,14)10(15)7-3-5-8-4-1-2-6-9(8)16(17)18/h1-2,4,6,10H,3,5,7,15H2/t10-/m0/s1. The first-order valence-corrected chi connectivity index (χ1v) is 5.37. The molecule has 4 nitrogen and oxygen atoms in total. The van der Waals surface area contributed by atoms with Gasteiger partial charge in [0.05, 0.1) is 4.92 Å². The minimum atomic E-state index is -4.41. The Kier molecular flexibility index (Phi) is 4.66. The molecule has 0 aromatic heterocycles. The summed E-state index contributed by atoms with van der Waals surface area (Å²) in [6.45, 7) is 0. The summed E-state index contributed by atoms with van der Waals surface area (Å²) in [5.41, 5.74) is 5.31. The van der Waals surface area contributed by atoms with Crippen LogP contribution in [0.5, 0.6) is 0 Å². The third-order valence-corrected chi connectivity index (χ3v) is 2.57. The number of nitrogens with zero attached hydrogens (tertiary/aromatic N) is 1. The number of nitro groups is 1. The molecular formula is C11H13F3N2O2. The average Bonchev–Trinajstić information content (AvgIpc) is 2.28. The summed E-state index contributed by atoms with van der Waals surface area (Å²) in [6, 6.07) is 4.13. The molecule has 7 heteroatoms. The third kappa shape index (κ3) is 3.99. The van der Waals surface area contributed by atoms with E-state index in [9.17, 15) is 23.3 Å². The fourth-order valence-corrected chi connectivity index (χ4v) is 1.58. The summed E-state index contributed by atoms with van der Waals surface area (Å²) in [4.78, 5) is 10.1. The van der Waals surface area contributed by atoms with Crippen molar-refractivity contribution >= 4 is 5.69 Å². The van der Waals surface area contributed by atoms with Crippen LogP contribution < -0.4 is 5.73 Å². The Hall–Kier alpha value is -1.63. The van der Waals surface area contributed by atoms with Crippen LogP contribution in [-0.4, -0.2) is 17.1 Å². The van der Waals surface area contributed by atoms with E-state index >= 15 is 0 Å². The van der Waals surface area contributed by atoms with Gasteiger partial charge in [0, 0.05) is 11.6 Å². The van der Waals surface area contributed by atoms with Gasteiger partial charge in [0.15, 0.2) is 0 Å². The average molecular weight is 262 g/mol. The lowest BCUT2D eigenvalue weighted by molar-refractivity contribution is -0.385. The Morgan fingerprint density at radius 2 is 1.94 bits per heavy atom. The van der Waals surface area contributed by atoms with E-state index in [2.05, 4.69) is 0 Å². The second-order valence-corrected chi connectivity index (χ2v) is 3.93. The summed E-state index contributed by atoms with van der Waals surface area (Å²) in [5, 5.41) is 10.7. The molecule has 0 spiro atoms. The number of nitro benzene ring substituents is 1. The molecule has 0 saturated heterocycles. The topological polar surface area (TPSA) is 69.2 Å². The van der Waals surface area contributed by atoms with Gasteiger partial charge in [-0.3, -0.25) is 10.1 Å². The van der Waals surface area contributed by atoms with E-state index in [4.69, 9.17) is 5.73 Å². The molecule has 0 unspecified atom stereocenters. The van der Waals surface area contributed by atoms with Crippen LogP contribution in [0.25, 0.3) is 0 Å². The lowest BCUT2D eigenvalue weighted by Gasteiger charge is -2.14. The van der Waals surface area contributed by atoms with Crippen LogP contribution in [0.1, 0.15) is 18.4 Å². The van der Waals surface area contributed by atoms with E-state index in [1.807, 2.05) is 0 Å². The van der Waals surface area contributed by atoms with E-state index in [1.165, 1.54) is 18.2 Å². The maximum absolute atomic E-state index is 12.1. The molecule has 0 radical (unpaired) electrons. The van der Waals surface area contributed by atoms with Gasteiger partial charge in [-0.05, 0) is 19.3 Å². The number of aryl methyl sites for hydroxylation is 1. The smallest absolute Gasteiger partial charge is 0.320 e. The van der Waals surface area contributed by atoms with Gasteiger partial charge >= 0.3 is 6.18 Å². The van der Waals surface area contributed by atoms with E-state index in [-0.39, 0.29) is 24.9 Å². The summed E-state index contributed by atoms with van der Waals surface area (Å²) in [7, 11) is 0. The van der Waals surface area contributed by atoms with Gasteiger partial charge in [0.2, 0.25) is 0 Å². The van der Waals surface area contributed by atoms with E-state index < -0.39 is 17.1 Å². The third-order valence-electron chi connectivity index (χ3n) is 2.57. The van der Waals surface area contributed by atoms with Crippen molar-refractivity contribution in [2.24, 2.45) is 5.73 Å². The van der Waals surface area contributed by atoms with Crippen molar-refractivity contribution in [1.82, 2.24) is 0 Å². The molecule has 0 bridgehead atoms. The van der Waals surface area contributed by atoms with Crippen molar-refractivity contribution in [1.29, 1.82) is 0 Å². The Labute approximate surface area is 102 Å². The zero-order valence-electron chi connectivity index (χ0n) is 9.48. The summed E-state index contributed by atoms with van der Waals surface area (Å²) in [5.74, 6) is 0. The molecule has 1 rings (SSSR count). The van der Waals surface area contributed by atoms with Gasteiger partial charge in [-0.15, -0.1) is 0 Å². The molecule has 2 N–H and O–H groups in total. The minimum Gasteiger partial charge on any atom is -0.320 e. The molecule has 1 aromatic carbocycles. The van der Waals surface area contributed by atoms with Gasteiger partial charge in [-0.1, -0.05) is 18.2 Å². The molecule has 0 heterocycles. The van der Waals surface area contributed by atoms with Crippen molar-refractivity contribution in [2.75, 3.05) is 0 Å². The number of nitrogens with two attached hydrogens (primary N) is 1. The predicted molar refractivity (Wildman–Crippen MR) is 60.1 cm³/mol. The zero-order chi connectivity index (χ0) is 13.8. The van der Waals surface area contributed by atoms with Crippen molar-refractivity contribution < 1.29 is 18.1 Å². The number of rotatable bonds is 5. The fraction of sp³-hybridized carbons (Fsp3) is 0.455. The van der Waals surface area contributed by atoms with Crippen LogP contribution in [0.2, 0.25) is 0 Å². The SMILES string of the molecule is N[C@@H](CCCc1ccccc1[N+](=O)[O-])C(F)(F)F. The molecule has 0 fully saturated rings. The Balaban J connectivity index is 2.57. The van der Waals surface area contributed by atoms with Crippen LogP contribution >= 0.6 is 0 Å². The number of hydrogen-bond acceptors (Lipinski definition) is 3. The van der Waals surface area contributed by atoms with Crippen molar-refractivity contribution in [3.05, 3.63) is 39.9 Å². The zero-order valence-corrected chi connectivity index (χ0v) is 9.48. The van der Waals surface area contributed by atoms with Gasteiger partial charge in [0.1, 0.15) is 6.04 Å². The summed E-state index contributed by atoms with van der Waals surface area (Å²) < 4.78 is 36.4. The largest absolute Gasteiger partial charge is 0.403 e. The molecule has 0 amide bonds. The van der Waals surface area contributed by atoms with Gasteiger partial charge in [-0.2, -0.15) is 13.2 Å². The maximum atomic E-state index is 12.1. The predicted octanol–water partition coefficient (Wildman–Crippen LogP) is 2.81. The molecule has 100 valence electrons. The molecular weight excluding hydrogens is 249 g/mol. The Bertz CT molecular complexity index is 421. The highest BCUT2D eigenvalue weighted by atomic mass is 19.4. The molecule has 0 saturated carbocycles. The fourth-order valence-electron chi connectivity index (χ4n) is 1.58. The van der Waals surface area contributed by atoms with E-state index in [1.54, 1.807) is 6.07 Å². The van der Waals surface area contributed by atoms with Crippen molar-refractivity contribution in [2.45, 2.75) is 31.5 Å². The first-order chi connectivity index (χ1) is 8.32. The summed E-state index contributed by atoms with van der Waals surface area (Å²) in [6.07, 6.45) is -4.29. The highest BCUT2D eigenvalue weighted by Crippen LogP contribution is 2.24. The molecule has 0 aliphatic rings. The number of hydrogen-bond donors (Lipinski definition) is 1. The van der Waals surface area contributed by atoms with E-state index in [0.717, 1.165) is 0 Å². The molecule has 18 heavy (non-hydrogen) atoms. The number of benzene rings is 1. The Morgan fingerprint density at radius 1 is 1.33 bits per heavy atom. The van der Waals surface area contributed by atoms with Crippen LogP contribution in [0, 0.1) is 10.1 Å². The Morgan fingerprint density at radius 3 is 2.50 bits per heavy atom. The molecule has 0 aliphatic heterocycles. The first-order valence-electron chi connectivity index (χ1n) is 5.37. The van der Waals surface area contributed by atoms with Crippen LogP contribution in [0.15, 0.2) is 24.3 Å². The molecule has 1 atom stereocenters. The van der Waals surface area contributed by atoms with Crippen LogP contribution in [0.4, 0.5) is 18.9 Å². The highest BCUT2D eigenvalue weighted by molar-refractivity contribution is 5.39. The number of para-hydroxylation sites is 1. The highest BCUT2D eigenvalue weighted by Gasteiger charge is 2.35. The molecule has 0 aliphatic carbocycles. The van der Waals surface area contributed by atoms with Gasteiger partial charge in [0.25, 0.3) is 5.69 Å². The second-order valence-electron chi connectivity index (χ2n) is 3.93. The van der Waals surface area contributed by atoms with Gasteiger partial charge in [-0.25, -0.2) is 0 Å². The van der Waals surface area contributed by atoms with Gasteiger partial charge < -0.3 is 5.73 Å². The molecule has 1 aromatic rings. The monoisotopic (exact) mass is 262 g/mol. The second kappa shape index (κ2) is 5.81. The lowest BCUT2D eigenvalue weighted by atomic mass is 10.0. The normalized spacial score (nSPS) is 13.3. The van der Waals surface area contributed by atoms with Crippen LogP contribution in [-0.2, 0) is 6.42 Å². The first kappa shape index (κ1) is 14.4. The summed E-state index contributed by atoms with van der Waals surface area (Å²) >= 11 is 0. The number of halogens is 3. The van der Waals surface area contributed by atoms with Crippen LogP contribution in [0.3, 0.4) is 0 Å². The lowest BCUT2D eigenvalue weighted by Crippen LogP contribution is -2.37. The van der Waals surface area contributed by atoms with E-state index in [0.29, 0.717) is 5.56 Å². The minimum absolute atomic E-state index is 0.0712. The van der Waals surface area contributed by atoms with Crippen molar-refractivity contribution in [3.8, 4) is 0 Å². The maximum Gasteiger partial charge on any atom is 0.403 e. The van der Waals surface area contributed by atoms with Crippen molar-refractivity contribution in [3.63, 3.8) is 0 Å². The number of alkyl halides is 3.